The van der Waals surface area contributed by atoms with Crippen molar-refractivity contribution in [2.45, 2.75) is 27.3 Å². The minimum atomic E-state index is -0.0314. The fourth-order valence-electron chi connectivity index (χ4n) is 2.22. The summed E-state index contributed by atoms with van der Waals surface area (Å²) in [5.41, 5.74) is 5.08. The second kappa shape index (κ2) is 6.93. The van der Waals surface area contributed by atoms with E-state index in [1.165, 1.54) is 5.56 Å². The van der Waals surface area contributed by atoms with Gasteiger partial charge in [-0.2, -0.15) is 0 Å². The Morgan fingerprint density at radius 2 is 1.76 bits per heavy atom. The summed E-state index contributed by atoms with van der Waals surface area (Å²) in [6.07, 6.45) is 0. The summed E-state index contributed by atoms with van der Waals surface area (Å²) in [5, 5.41) is 6.21. The van der Waals surface area contributed by atoms with Crippen LogP contribution in [0.4, 0.5) is 5.69 Å². The van der Waals surface area contributed by atoms with E-state index in [9.17, 15) is 4.79 Å². The van der Waals surface area contributed by atoms with Gasteiger partial charge in [-0.15, -0.1) is 0 Å². The maximum Gasteiger partial charge on any atom is 0.251 e. The number of hydrogen-bond donors (Lipinski definition) is 2. The minimum absolute atomic E-state index is 0.0314. The lowest BCUT2D eigenvalue weighted by atomic mass is 10.1. The number of aryl methyl sites for hydroxylation is 2. The van der Waals surface area contributed by atoms with Crippen LogP contribution in [-0.2, 0) is 6.54 Å². The van der Waals surface area contributed by atoms with Crippen molar-refractivity contribution in [2.24, 2.45) is 0 Å². The van der Waals surface area contributed by atoms with Crippen molar-refractivity contribution in [3.05, 3.63) is 64.7 Å². The number of amides is 1. The highest BCUT2D eigenvalue weighted by molar-refractivity contribution is 5.96. The topological polar surface area (TPSA) is 41.1 Å². The van der Waals surface area contributed by atoms with Gasteiger partial charge < -0.3 is 10.6 Å². The largest absolute Gasteiger partial charge is 0.385 e. The smallest absolute Gasteiger partial charge is 0.251 e. The Morgan fingerprint density at radius 1 is 1.05 bits per heavy atom. The van der Waals surface area contributed by atoms with Crippen molar-refractivity contribution < 1.29 is 4.79 Å². The summed E-state index contributed by atoms with van der Waals surface area (Å²) < 4.78 is 0. The number of benzene rings is 2. The first kappa shape index (κ1) is 15.1. The quantitative estimate of drug-likeness (QED) is 0.878. The Balaban J connectivity index is 2.01. The number of carbonyl (C=O) groups is 1. The molecule has 2 N–H and O–H groups in total. The lowest BCUT2D eigenvalue weighted by Crippen LogP contribution is -2.23. The molecule has 3 nitrogen and oxygen atoms in total. The maximum absolute atomic E-state index is 12.2. The Kier molecular flexibility index (Phi) is 4.99. The average Bonchev–Trinajstić information content (AvgIpc) is 2.47. The Hall–Kier alpha value is -2.29. The normalized spacial score (nSPS) is 10.2. The third-order valence-corrected chi connectivity index (χ3v) is 3.43. The predicted molar refractivity (Wildman–Crippen MR) is 87.7 cm³/mol. The zero-order chi connectivity index (χ0) is 15.2. The van der Waals surface area contributed by atoms with E-state index in [2.05, 4.69) is 36.6 Å². The molecule has 0 heterocycles. The van der Waals surface area contributed by atoms with E-state index in [0.29, 0.717) is 6.54 Å². The lowest BCUT2D eigenvalue weighted by Gasteiger charge is -2.10. The predicted octanol–water partition coefficient (Wildman–Crippen LogP) is 3.67. The Labute approximate surface area is 126 Å². The van der Waals surface area contributed by atoms with Crippen LogP contribution in [0.1, 0.15) is 34.0 Å². The number of anilines is 1. The molecular weight excluding hydrogens is 260 g/mol. The van der Waals surface area contributed by atoms with Crippen molar-refractivity contribution in [1.29, 1.82) is 0 Å². The monoisotopic (exact) mass is 282 g/mol. The van der Waals surface area contributed by atoms with Crippen molar-refractivity contribution in [2.75, 3.05) is 11.9 Å². The Bertz CT molecular complexity index is 618. The number of nitrogens with one attached hydrogen (secondary N) is 2. The molecule has 21 heavy (non-hydrogen) atoms. The molecule has 0 spiro atoms. The first-order valence-corrected chi connectivity index (χ1v) is 7.28. The van der Waals surface area contributed by atoms with Crippen molar-refractivity contribution in [3.63, 3.8) is 0 Å². The molecule has 0 unspecified atom stereocenters. The van der Waals surface area contributed by atoms with E-state index in [-0.39, 0.29) is 5.91 Å². The molecule has 0 aromatic heterocycles. The SMILES string of the molecule is CCNc1ccc(C(=O)NCc2ccc(C)cc2)c(C)c1. The molecule has 1 amide bonds. The van der Waals surface area contributed by atoms with Crippen LogP contribution >= 0.6 is 0 Å². The molecule has 2 rings (SSSR count). The van der Waals surface area contributed by atoms with Crippen LogP contribution in [0.2, 0.25) is 0 Å². The van der Waals surface area contributed by atoms with Gasteiger partial charge in [0.2, 0.25) is 0 Å². The van der Waals surface area contributed by atoms with Gasteiger partial charge >= 0.3 is 0 Å². The first-order valence-electron chi connectivity index (χ1n) is 7.28. The van der Waals surface area contributed by atoms with E-state index >= 15 is 0 Å². The zero-order valence-corrected chi connectivity index (χ0v) is 12.9. The van der Waals surface area contributed by atoms with Gasteiger partial charge in [-0.1, -0.05) is 29.8 Å². The fourth-order valence-corrected chi connectivity index (χ4v) is 2.22. The van der Waals surface area contributed by atoms with Crippen LogP contribution in [0.25, 0.3) is 0 Å². The first-order chi connectivity index (χ1) is 10.1. The molecule has 0 aliphatic heterocycles. The number of rotatable bonds is 5. The summed E-state index contributed by atoms with van der Waals surface area (Å²) in [4.78, 5) is 12.2. The molecule has 0 atom stereocenters. The highest BCUT2D eigenvalue weighted by atomic mass is 16.1. The number of carbonyl (C=O) groups excluding carboxylic acids is 1. The molecule has 110 valence electrons. The summed E-state index contributed by atoms with van der Waals surface area (Å²) >= 11 is 0. The minimum Gasteiger partial charge on any atom is -0.385 e. The summed E-state index contributed by atoms with van der Waals surface area (Å²) in [6, 6.07) is 14.0. The third kappa shape index (κ3) is 4.09. The van der Waals surface area contributed by atoms with E-state index in [1.54, 1.807) is 0 Å². The van der Waals surface area contributed by atoms with Crippen LogP contribution in [0, 0.1) is 13.8 Å². The second-order valence-electron chi connectivity index (χ2n) is 5.23. The standard InChI is InChI=1S/C18H22N2O/c1-4-19-16-9-10-17(14(3)11-16)18(21)20-12-15-7-5-13(2)6-8-15/h5-11,19H,4,12H2,1-3H3,(H,20,21). The summed E-state index contributed by atoms with van der Waals surface area (Å²) in [6.45, 7) is 7.49. The fraction of sp³-hybridized carbons (Fsp3) is 0.278. The second-order valence-corrected chi connectivity index (χ2v) is 5.23. The maximum atomic E-state index is 12.2. The van der Waals surface area contributed by atoms with Gasteiger partial charge in [0.05, 0.1) is 0 Å². The molecule has 2 aromatic carbocycles. The Morgan fingerprint density at radius 3 is 2.38 bits per heavy atom. The van der Waals surface area contributed by atoms with E-state index in [1.807, 2.05) is 37.3 Å². The van der Waals surface area contributed by atoms with Gasteiger partial charge in [-0.05, 0) is 50.1 Å². The molecular formula is C18H22N2O. The van der Waals surface area contributed by atoms with Gasteiger partial charge in [-0.25, -0.2) is 0 Å². The summed E-state index contributed by atoms with van der Waals surface area (Å²) in [7, 11) is 0. The lowest BCUT2D eigenvalue weighted by molar-refractivity contribution is 0.0950. The van der Waals surface area contributed by atoms with Gasteiger partial charge in [0, 0.05) is 24.3 Å². The van der Waals surface area contributed by atoms with Crippen molar-refractivity contribution in [3.8, 4) is 0 Å². The molecule has 2 aromatic rings. The summed E-state index contributed by atoms with van der Waals surface area (Å²) in [5.74, 6) is -0.0314. The van der Waals surface area contributed by atoms with Crippen molar-refractivity contribution in [1.82, 2.24) is 5.32 Å². The molecule has 0 bridgehead atoms. The average molecular weight is 282 g/mol. The molecule has 0 aliphatic carbocycles. The molecule has 0 radical (unpaired) electrons. The molecule has 0 saturated carbocycles. The molecule has 0 aliphatic rings. The van der Waals surface area contributed by atoms with Gasteiger partial charge in [0.25, 0.3) is 5.91 Å². The molecule has 0 saturated heterocycles. The van der Waals surface area contributed by atoms with Gasteiger partial charge in [-0.3, -0.25) is 4.79 Å². The van der Waals surface area contributed by atoms with Crippen LogP contribution in [0.5, 0.6) is 0 Å². The van der Waals surface area contributed by atoms with Gasteiger partial charge in [0.15, 0.2) is 0 Å². The van der Waals surface area contributed by atoms with E-state index < -0.39 is 0 Å². The van der Waals surface area contributed by atoms with Gasteiger partial charge in [0.1, 0.15) is 0 Å². The van der Waals surface area contributed by atoms with Crippen LogP contribution < -0.4 is 10.6 Å². The van der Waals surface area contributed by atoms with Crippen LogP contribution in [0.15, 0.2) is 42.5 Å². The van der Waals surface area contributed by atoms with Crippen LogP contribution in [0.3, 0.4) is 0 Å². The zero-order valence-electron chi connectivity index (χ0n) is 12.9. The molecule has 3 heteroatoms. The van der Waals surface area contributed by atoms with Crippen molar-refractivity contribution >= 4 is 11.6 Å². The molecule has 0 fully saturated rings. The van der Waals surface area contributed by atoms with E-state index in [0.717, 1.165) is 28.9 Å². The third-order valence-electron chi connectivity index (χ3n) is 3.43. The number of hydrogen-bond acceptors (Lipinski definition) is 2. The highest BCUT2D eigenvalue weighted by Gasteiger charge is 2.09. The van der Waals surface area contributed by atoms with Crippen LogP contribution in [-0.4, -0.2) is 12.5 Å². The highest BCUT2D eigenvalue weighted by Crippen LogP contribution is 2.15. The van der Waals surface area contributed by atoms with E-state index in [4.69, 9.17) is 0 Å².